The number of halogens is 1. The largest absolute Gasteiger partial charge is 0.497 e. The van der Waals surface area contributed by atoms with E-state index >= 15 is 0 Å². The number of carbonyl (C=O) groups is 1. The molecule has 2 aromatic carbocycles. The Kier molecular flexibility index (Phi) is 5.60. The highest BCUT2D eigenvalue weighted by atomic mass is 35.5. The van der Waals surface area contributed by atoms with Crippen LogP contribution in [0.1, 0.15) is 15.9 Å². The van der Waals surface area contributed by atoms with Gasteiger partial charge < -0.3 is 14.2 Å². The van der Waals surface area contributed by atoms with Gasteiger partial charge in [0.15, 0.2) is 5.75 Å². The van der Waals surface area contributed by atoms with Crippen molar-refractivity contribution in [2.45, 2.75) is 6.61 Å². The zero-order valence-electron chi connectivity index (χ0n) is 15.0. The summed E-state index contributed by atoms with van der Waals surface area (Å²) < 4.78 is 15.3. The average molecular weight is 403 g/mol. The molecule has 1 heterocycles. The lowest BCUT2D eigenvalue weighted by molar-refractivity contribution is -0.385. The fourth-order valence-corrected chi connectivity index (χ4v) is 2.78. The van der Waals surface area contributed by atoms with Gasteiger partial charge in [-0.2, -0.15) is 0 Å². The van der Waals surface area contributed by atoms with Crippen LogP contribution in [-0.2, 0) is 11.3 Å². The molecule has 0 unspecified atom stereocenters. The molecule has 0 bridgehead atoms. The molecular formula is C19H15ClN2O6. The molecule has 0 aliphatic carbocycles. The number of carbonyl (C=O) groups excluding carboxylic acids is 1. The Labute approximate surface area is 164 Å². The van der Waals surface area contributed by atoms with Gasteiger partial charge in [-0.15, -0.1) is 0 Å². The summed E-state index contributed by atoms with van der Waals surface area (Å²) in [6, 6.07) is 10.9. The first-order chi connectivity index (χ1) is 13.4. The van der Waals surface area contributed by atoms with E-state index in [1.807, 2.05) is 6.07 Å². The van der Waals surface area contributed by atoms with E-state index in [4.69, 9.17) is 25.8 Å². The Bertz CT molecular complexity index is 1070. The number of aromatic nitrogens is 1. The molecule has 3 rings (SSSR count). The zero-order valence-corrected chi connectivity index (χ0v) is 15.7. The third kappa shape index (κ3) is 3.96. The van der Waals surface area contributed by atoms with E-state index in [1.165, 1.54) is 19.2 Å². The highest BCUT2D eigenvalue weighted by Gasteiger charge is 2.19. The summed E-state index contributed by atoms with van der Waals surface area (Å²) >= 11 is 6.19. The van der Waals surface area contributed by atoms with Crippen molar-refractivity contribution in [3.63, 3.8) is 0 Å². The lowest BCUT2D eigenvalue weighted by Crippen LogP contribution is -2.07. The number of nitrogens with zero attached hydrogens (tertiary/aromatic N) is 2. The van der Waals surface area contributed by atoms with E-state index < -0.39 is 10.9 Å². The molecule has 144 valence electrons. The molecule has 0 atom stereocenters. The molecule has 9 heteroatoms. The third-order valence-corrected chi connectivity index (χ3v) is 4.35. The SMILES string of the molecule is COc1ccc2cc(COC(=O)c3ccc(OC)c([N+](=O)[O-])c3)c(Cl)nc2c1. The normalized spacial score (nSPS) is 10.5. The Morgan fingerprint density at radius 3 is 2.61 bits per heavy atom. The maximum absolute atomic E-state index is 12.3. The standard InChI is InChI=1S/C19H15ClN2O6/c1-26-14-5-3-11-7-13(18(20)21-15(11)9-14)10-28-19(23)12-4-6-17(27-2)16(8-12)22(24)25/h3-9H,10H2,1-2H3. The summed E-state index contributed by atoms with van der Waals surface area (Å²) in [6.45, 7) is -0.132. The van der Waals surface area contributed by atoms with Gasteiger partial charge in [-0.05, 0) is 30.3 Å². The topological polar surface area (TPSA) is 101 Å². The molecule has 28 heavy (non-hydrogen) atoms. The first-order valence-corrected chi connectivity index (χ1v) is 8.43. The van der Waals surface area contributed by atoms with Crippen LogP contribution in [0.3, 0.4) is 0 Å². The number of nitro groups is 1. The van der Waals surface area contributed by atoms with Crippen molar-refractivity contribution >= 4 is 34.2 Å². The van der Waals surface area contributed by atoms with Crippen molar-refractivity contribution in [3.05, 3.63) is 68.9 Å². The van der Waals surface area contributed by atoms with Crippen LogP contribution in [0, 0.1) is 10.1 Å². The van der Waals surface area contributed by atoms with Crippen LogP contribution in [0.5, 0.6) is 11.5 Å². The predicted octanol–water partition coefficient (Wildman–Crippen LogP) is 4.17. The fraction of sp³-hybridized carbons (Fsp3) is 0.158. The molecule has 0 N–H and O–H groups in total. The number of methoxy groups -OCH3 is 2. The van der Waals surface area contributed by atoms with Crippen molar-refractivity contribution in [3.8, 4) is 11.5 Å². The van der Waals surface area contributed by atoms with Crippen molar-refractivity contribution in [1.29, 1.82) is 0 Å². The number of fused-ring (bicyclic) bond motifs is 1. The molecule has 0 spiro atoms. The monoisotopic (exact) mass is 402 g/mol. The van der Waals surface area contributed by atoms with Gasteiger partial charge in [0.05, 0.1) is 30.2 Å². The molecule has 3 aromatic rings. The van der Waals surface area contributed by atoms with E-state index in [2.05, 4.69) is 4.98 Å². The highest BCUT2D eigenvalue weighted by molar-refractivity contribution is 6.30. The van der Waals surface area contributed by atoms with Gasteiger partial charge in [0.25, 0.3) is 0 Å². The lowest BCUT2D eigenvalue weighted by atomic mass is 10.1. The lowest BCUT2D eigenvalue weighted by Gasteiger charge is -2.09. The van der Waals surface area contributed by atoms with E-state index in [0.717, 1.165) is 11.5 Å². The highest BCUT2D eigenvalue weighted by Crippen LogP contribution is 2.28. The number of esters is 1. The van der Waals surface area contributed by atoms with Gasteiger partial charge >= 0.3 is 11.7 Å². The van der Waals surface area contributed by atoms with Crippen LogP contribution >= 0.6 is 11.6 Å². The Hall–Kier alpha value is -3.39. The van der Waals surface area contributed by atoms with Gasteiger partial charge in [-0.25, -0.2) is 9.78 Å². The Balaban J connectivity index is 1.80. The Morgan fingerprint density at radius 2 is 1.93 bits per heavy atom. The summed E-state index contributed by atoms with van der Waals surface area (Å²) in [5, 5.41) is 12.1. The molecule has 0 saturated heterocycles. The van der Waals surface area contributed by atoms with Crippen LogP contribution < -0.4 is 9.47 Å². The van der Waals surface area contributed by atoms with E-state index in [0.29, 0.717) is 16.8 Å². The van der Waals surface area contributed by atoms with Gasteiger partial charge in [0.1, 0.15) is 17.5 Å². The number of rotatable bonds is 6. The summed E-state index contributed by atoms with van der Waals surface area (Å²) in [6.07, 6.45) is 0. The summed E-state index contributed by atoms with van der Waals surface area (Å²) in [5.74, 6) is -0.0215. The molecule has 0 saturated carbocycles. The summed E-state index contributed by atoms with van der Waals surface area (Å²) in [5.41, 5.74) is 0.860. The first-order valence-electron chi connectivity index (χ1n) is 8.05. The van der Waals surface area contributed by atoms with Crippen LogP contribution in [0.4, 0.5) is 5.69 Å². The average Bonchev–Trinajstić information content (AvgIpc) is 2.70. The van der Waals surface area contributed by atoms with E-state index in [1.54, 1.807) is 25.3 Å². The quantitative estimate of drug-likeness (QED) is 0.264. The van der Waals surface area contributed by atoms with Gasteiger partial charge in [-0.3, -0.25) is 10.1 Å². The molecule has 0 radical (unpaired) electrons. The predicted molar refractivity (Wildman–Crippen MR) is 102 cm³/mol. The van der Waals surface area contributed by atoms with Crippen LogP contribution in [0.15, 0.2) is 42.5 Å². The smallest absolute Gasteiger partial charge is 0.338 e. The first kappa shape index (κ1) is 19.4. The third-order valence-electron chi connectivity index (χ3n) is 4.02. The molecule has 8 nitrogen and oxygen atoms in total. The van der Waals surface area contributed by atoms with Crippen LogP contribution in [0.25, 0.3) is 10.9 Å². The van der Waals surface area contributed by atoms with Gasteiger partial charge in [0, 0.05) is 23.1 Å². The minimum absolute atomic E-state index is 0.0297. The van der Waals surface area contributed by atoms with E-state index in [9.17, 15) is 14.9 Å². The second-order valence-corrected chi connectivity index (χ2v) is 6.07. The number of ether oxygens (including phenoxy) is 3. The molecule has 0 amide bonds. The number of benzene rings is 2. The van der Waals surface area contributed by atoms with Crippen molar-refractivity contribution < 1.29 is 23.9 Å². The molecule has 1 aromatic heterocycles. The fourth-order valence-electron chi connectivity index (χ4n) is 2.58. The maximum atomic E-state index is 12.3. The van der Waals surface area contributed by atoms with Crippen molar-refractivity contribution in [2.24, 2.45) is 0 Å². The van der Waals surface area contributed by atoms with E-state index in [-0.39, 0.29) is 28.8 Å². The summed E-state index contributed by atoms with van der Waals surface area (Å²) in [7, 11) is 2.87. The molecule has 0 aliphatic heterocycles. The molecular weight excluding hydrogens is 388 g/mol. The van der Waals surface area contributed by atoms with Gasteiger partial charge in [-0.1, -0.05) is 11.6 Å². The number of hydrogen-bond donors (Lipinski definition) is 0. The summed E-state index contributed by atoms with van der Waals surface area (Å²) in [4.78, 5) is 27.0. The van der Waals surface area contributed by atoms with Crippen molar-refractivity contribution in [1.82, 2.24) is 4.98 Å². The minimum Gasteiger partial charge on any atom is -0.497 e. The van der Waals surface area contributed by atoms with Gasteiger partial charge in [0.2, 0.25) is 0 Å². The second kappa shape index (κ2) is 8.10. The zero-order chi connectivity index (χ0) is 20.3. The van der Waals surface area contributed by atoms with Crippen LogP contribution in [0.2, 0.25) is 5.15 Å². The number of nitro benzene ring substituents is 1. The number of pyridine rings is 1. The second-order valence-electron chi connectivity index (χ2n) is 5.72. The van der Waals surface area contributed by atoms with Crippen LogP contribution in [-0.4, -0.2) is 30.1 Å². The minimum atomic E-state index is -0.725. The van der Waals surface area contributed by atoms with Crippen molar-refractivity contribution in [2.75, 3.05) is 14.2 Å². The molecule has 0 fully saturated rings. The maximum Gasteiger partial charge on any atom is 0.338 e. The Morgan fingerprint density at radius 1 is 1.14 bits per heavy atom. The number of hydrogen-bond acceptors (Lipinski definition) is 7. The molecule has 0 aliphatic rings.